The van der Waals surface area contributed by atoms with E-state index >= 15 is 0 Å². The number of morpholine rings is 1. The molecule has 6 fully saturated rings. The number of nitrogens with zero attached hydrogens (tertiary/aromatic N) is 2. The van der Waals surface area contributed by atoms with Gasteiger partial charge < -0.3 is 18.7 Å². The summed E-state index contributed by atoms with van der Waals surface area (Å²) >= 11 is 0. The third-order valence-electron chi connectivity index (χ3n) is 13.8. The van der Waals surface area contributed by atoms with Gasteiger partial charge in [0.15, 0.2) is 6.10 Å². The van der Waals surface area contributed by atoms with E-state index in [0.717, 1.165) is 56.5 Å². The van der Waals surface area contributed by atoms with E-state index in [4.69, 9.17) is 14.2 Å². The third-order valence-corrected chi connectivity index (χ3v) is 13.8. The molecule has 0 aromatic heterocycles. The summed E-state index contributed by atoms with van der Waals surface area (Å²) in [6, 6.07) is 0.703. The van der Waals surface area contributed by atoms with Gasteiger partial charge in [0, 0.05) is 44.3 Å². The van der Waals surface area contributed by atoms with Crippen LogP contribution in [0.4, 0.5) is 0 Å². The fourth-order valence-corrected chi connectivity index (χ4v) is 11.6. The molecule has 0 N–H and O–H groups in total. The second kappa shape index (κ2) is 12.0. The minimum absolute atomic E-state index is 0.00847. The molecule has 7 heteroatoms. The second-order valence-electron chi connectivity index (χ2n) is 16.0. The van der Waals surface area contributed by atoms with Crippen LogP contribution in [-0.2, 0) is 23.8 Å². The summed E-state index contributed by atoms with van der Waals surface area (Å²) in [6.45, 7) is 14.6. The number of hydrogen-bond donors (Lipinski definition) is 0. The van der Waals surface area contributed by atoms with Crippen molar-refractivity contribution in [3.8, 4) is 0 Å². The average molecular weight is 588 g/mol. The number of rotatable bonds is 6. The van der Waals surface area contributed by atoms with Crippen molar-refractivity contribution in [2.45, 2.75) is 129 Å². The van der Waals surface area contributed by atoms with Gasteiger partial charge in [-0.25, -0.2) is 0 Å². The van der Waals surface area contributed by atoms with Crippen molar-refractivity contribution in [3.63, 3.8) is 0 Å². The zero-order valence-electron chi connectivity index (χ0n) is 27.3. The molecule has 4 saturated carbocycles. The molecule has 0 bridgehead atoms. The molecule has 2 aliphatic heterocycles. The Balaban J connectivity index is 1.29. The summed E-state index contributed by atoms with van der Waals surface area (Å²) in [7, 11) is 2.48. The van der Waals surface area contributed by atoms with E-state index in [0.29, 0.717) is 36.1 Å². The minimum atomic E-state index is -0.140. The monoisotopic (exact) mass is 587 g/mol. The average Bonchev–Trinajstić information content (AvgIpc) is 3.26. The van der Waals surface area contributed by atoms with E-state index in [-0.39, 0.29) is 41.0 Å². The Morgan fingerprint density at radius 3 is 2.38 bits per heavy atom. The lowest BCUT2D eigenvalue weighted by Gasteiger charge is -2.62. The standard InChI is InChI=1S/C35H59N2O5/c1-6-10-32(39)42-33-30(37(5)17-8-7-9-18-37)22-28-26-12-11-25-21-31(41-24(2)38)29(36-15-19-40-20-16-36)23-35(25,4)27(26)13-14-34(28,33)3/h25-31,33H,6-23H2,1-5H3/q+1/t25-,26?,27?,28?,29?,30?,31-,33-,34-,35-/m0/s1. The molecule has 238 valence electrons. The lowest BCUT2D eigenvalue weighted by atomic mass is 9.44. The topological polar surface area (TPSA) is 65.1 Å². The van der Waals surface area contributed by atoms with Crippen molar-refractivity contribution in [3.05, 3.63) is 0 Å². The van der Waals surface area contributed by atoms with Gasteiger partial charge in [-0.05, 0) is 93.3 Å². The normalized spacial score (nSPS) is 45.3. The summed E-state index contributed by atoms with van der Waals surface area (Å²) in [5.41, 5.74) is 0.315. The smallest absolute Gasteiger partial charge is 0.306 e. The first-order chi connectivity index (χ1) is 20.1. The summed E-state index contributed by atoms with van der Waals surface area (Å²) in [4.78, 5) is 27.9. The number of ether oxygens (including phenoxy) is 3. The van der Waals surface area contributed by atoms with Crippen LogP contribution in [0.25, 0.3) is 0 Å². The summed E-state index contributed by atoms with van der Waals surface area (Å²) in [5.74, 6) is 2.48. The highest BCUT2D eigenvalue weighted by molar-refractivity contribution is 5.69. The van der Waals surface area contributed by atoms with Crippen LogP contribution < -0.4 is 0 Å². The number of hydrogen-bond acceptors (Lipinski definition) is 6. The highest BCUT2D eigenvalue weighted by Gasteiger charge is 2.67. The number of likely N-dealkylation sites (N-methyl/N-ethyl adjacent to an activating group) is 1. The number of esters is 2. The van der Waals surface area contributed by atoms with E-state index in [1.54, 1.807) is 6.92 Å². The summed E-state index contributed by atoms with van der Waals surface area (Å²) in [6.07, 6.45) is 13.6. The fraction of sp³-hybridized carbons (Fsp3) is 0.943. The Morgan fingerprint density at radius 2 is 1.69 bits per heavy atom. The maximum Gasteiger partial charge on any atom is 0.306 e. The second-order valence-corrected chi connectivity index (χ2v) is 16.0. The highest BCUT2D eigenvalue weighted by Crippen LogP contribution is 2.67. The van der Waals surface area contributed by atoms with E-state index in [1.807, 2.05) is 0 Å². The molecule has 2 saturated heterocycles. The quantitative estimate of drug-likeness (QED) is 0.298. The van der Waals surface area contributed by atoms with Crippen LogP contribution in [0.1, 0.15) is 105 Å². The van der Waals surface area contributed by atoms with E-state index in [2.05, 4.69) is 32.7 Å². The van der Waals surface area contributed by atoms with E-state index < -0.39 is 0 Å². The van der Waals surface area contributed by atoms with Crippen LogP contribution in [0.2, 0.25) is 0 Å². The van der Waals surface area contributed by atoms with Gasteiger partial charge in [-0.15, -0.1) is 0 Å². The molecule has 0 aromatic carbocycles. The van der Waals surface area contributed by atoms with Crippen molar-refractivity contribution >= 4 is 11.9 Å². The van der Waals surface area contributed by atoms with Crippen molar-refractivity contribution in [2.75, 3.05) is 46.4 Å². The third kappa shape index (κ3) is 5.36. The molecular weight excluding hydrogens is 528 g/mol. The minimum Gasteiger partial charge on any atom is -0.461 e. The number of piperidine rings is 1. The van der Waals surface area contributed by atoms with E-state index in [1.165, 1.54) is 58.0 Å². The van der Waals surface area contributed by atoms with E-state index in [9.17, 15) is 9.59 Å². The van der Waals surface area contributed by atoms with Crippen molar-refractivity contribution < 1.29 is 28.3 Å². The zero-order valence-corrected chi connectivity index (χ0v) is 27.3. The van der Waals surface area contributed by atoms with Crippen LogP contribution in [0.3, 0.4) is 0 Å². The Hall–Kier alpha value is -1.18. The molecule has 7 nitrogen and oxygen atoms in total. The largest absolute Gasteiger partial charge is 0.461 e. The Morgan fingerprint density at radius 1 is 0.952 bits per heavy atom. The van der Waals surface area contributed by atoms with Gasteiger partial charge in [0.1, 0.15) is 12.1 Å². The summed E-state index contributed by atoms with van der Waals surface area (Å²) < 4.78 is 19.5. The van der Waals surface area contributed by atoms with Crippen molar-refractivity contribution in [1.29, 1.82) is 0 Å². The number of fused-ring (bicyclic) bond motifs is 5. The van der Waals surface area contributed by atoms with Crippen LogP contribution in [0.15, 0.2) is 0 Å². The first-order valence-corrected chi connectivity index (χ1v) is 17.6. The molecule has 5 unspecified atom stereocenters. The molecule has 4 aliphatic carbocycles. The van der Waals surface area contributed by atoms with Crippen LogP contribution in [0, 0.1) is 34.5 Å². The predicted molar refractivity (Wildman–Crippen MR) is 163 cm³/mol. The molecule has 6 aliphatic rings. The zero-order chi connectivity index (χ0) is 29.7. The summed E-state index contributed by atoms with van der Waals surface area (Å²) in [5, 5.41) is 0. The highest BCUT2D eigenvalue weighted by atomic mass is 16.5. The molecular formula is C35H59N2O5+. The first-order valence-electron chi connectivity index (χ1n) is 17.6. The molecule has 0 spiro atoms. The fourth-order valence-electron chi connectivity index (χ4n) is 11.6. The van der Waals surface area contributed by atoms with Crippen LogP contribution in [0.5, 0.6) is 0 Å². The van der Waals surface area contributed by atoms with Crippen molar-refractivity contribution in [1.82, 2.24) is 4.90 Å². The molecule has 6 rings (SSSR count). The molecule has 0 aromatic rings. The van der Waals surface area contributed by atoms with Gasteiger partial charge in [0.05, 0.1) is 33.4 Å². The molecule has 10 atom stereocenters. The van der Waals surface area contributed by atoms with Gasteiger partial charge in [-0.3, -0.25) is 14.5 Å². The van der Waals surface area contributed by atoms with Gasteiger partial charge >= 0.3 is 11.9 Å². The Labute approximate surface area is 255 Å². The molecule has 42 heavy (non-hydrogen) atoms. The van der Waals surface area contributed by atoms with Gasteiger partial charge in [0.25, 0.3) is 0 Å². The number of carbonyl (C=O) groups excluding carboxylic acids is 2. The Kier molecular flexibility index (Phi) is 8.78. The first kappa shape index (κ1) is 30.8. The maximum absolute atomic E-state index is 13.1. The van der Waals surface area contributed by atoms with Crippen LogP contribution >= 0.6 is 0 Å². The Bertz CT molecular complexity index is 992. The van der Waals surface area contributed by atoms with Crippen molar-refractivity contribution in [2.24, 2.45) is 34.5 Å². The molecule has 0 radical (unpaired) electrons. The molecule has 2 heterocycles. The van der Waals surface area contributed by atoms with Gasteiger partial charge in [-0.2, -0.15) is 0 Å². The van der Waals surface area contributed by atoms with Crippen LogP contribution in [-0.4, -0.2) is 92.1 Å². The van der Waals surface area contributed by atoms with Gasteiger partial charge in [-0.1, -0.05) is 20.8 Å². The number of quaternary nitrogens is 1. The van der Waals surface area contributed by atoms with Gasteiger partial charge in [0.2, 0.25) is 0 Å². The SMILES string of the molecule is CCCC(=O)O[C@H]1C([N+]2(C)CCCCC2)CC2C3CC[C@H]4C[C@H](OC(C)=O)C(N5CCOCC5)C[C@]4(C)C3CC[C@@]21C. The lowest BCUT2D eigenvalue weighted by Crippen LogP contribution is -2.62. The number of likely N-dealkylation sites (tertiary alicyclic amines) is 1. The molecule has 0 amide bonds. The maximum atomic E-state index is 13.1. The number of carbonyl (C=O) groups is 2. The predicted octanol–water partition coefficient (Wildman–Crippen LogP) is 5.59. The lowest BCUT2D eigenvalue weighted by molar-refractivity contribution is -0.940.